The van der Waals surface area contributed by atoms with Crippen LogP contribution in [0.5, 0.6) is 0 Å². The number of halogens is 1. The van der Waals surface area contributed by atoms with Crippen molar-refractivity contribution in [3.05, 3.63) is 44.9 Å². The molecule has 2 aromatic rings. The van der Waals surface area contributed by atoms with Crippen molar-refractivity contribution >= 4 is 34.6 Å². The Morgan fingerprint density at radius 1 is 1.53 bits per heavy atom. The SMILES string of the molecule is COC(=O)c1cc(NCc2cnc(Cl)s2)ccc1C. The predicted octanol–water partition coefficient (Wildman–Crippen LogP) is 3.50. The number of carbonyl (C=O) groups excluding carboxylic acids is 1. The van der Waals surface area contributed by atoms with Gasteiger partial charge in [0.2, 0.25) is 0 Å². The first kappa shape index (κ1) is 13.8. The third-order valence-corrected chi connectivity index (χ3v) is 3.75. The Balaban J connectivity index is 2.10. The number of benzene rings is 1. The molecule has 0 saturated carbocycles. The quantitative estimate of drug-likeness (QED) is 0.877. The van der Waals surface area contributed by atoms with Gasteiger partial charge in [-0.05, 0) is 24.6 Å². The molecule has 1 heterocycles. The number of methoxy groups -OCH3 is 1. The molecule has 0 aliphatic heterocycles. The van der Waals surface area contributed by atoms with Gasteiger partial charge in [-0.3, -0.25) is 0 Å². The van der Waals surface area contributed by atoms with Gasteiger partial charge in [0, 0.05) is 16.8 Å². The molecule has 2 rings (SSSR count). The van der Waals surface area contributed by atoms with Crippen molar-refractivity contribution in [2.45, 2.75) is 13.5 Å². The van der Waals surface area contributed by atoms with Crippen LogP contribution in [-0.4, -0.2) is 18.1 Å². The van der Waals surface area contributed by atoms with Gasteiger partial charge in [-0.25, -0.2) is 9.78 Å². The molecule has 4 nitrogen and oxygen atoms in total. The predicted molar refractivity (Wildman–Crippen MR) is 77.0 cm³/mol. The molecular weight excluding hydrogens is 284 g/mol. The summed E-state index contributed by atoms with van der Waals surface area (Å²) in [6.07, 6.45) is 1.73. The van der Waals surface area contributed by atoms with Gasteiger partial charge in [-0.1, -0.05) is 17.7 Å². The van der Waals surface area contributed by atoms with E-state index >= 15 is 0 Å². The second kappa shape index (κ2) is 6.04. The Morgan fingerprint density at radius 3 is 2.95 bits per heavy atom. The molecule has 0 bridgehead atoms. The second-order valence-corrected chi connectivity index (χ2v) is 5.65. The fourth-order valence-corrected chi connectivity index (χ4v) is 2.53. The summed E-state index contributed by atoms with van der Waals surface area (Å²) < 4.78 is 5.27. The lowest BCUT2D eigenvalue weighted by atomic mass is 10.1. The number of esters is 1. The molecule has 0 fully saturated rings. The molecule has 100 valence electrons. The first-order chi connectivity index (χ1) is 9.10. The lowest BCUT2D eigenvalue weighted by molar-refractivity contribution is 0.0600. The van der Waals surface area contributed by atoms with Crippen molar-refractivity contribution in [2.75, 3.05) is 12.4 Å². The zero-order valence-corrected chi connectivity index (χ0v) is 12.1. The van der Waals surface area contributed by atoms with E-state index in [2.05, 4.69) is 10.3 Å². The number of rotatable bonds is 4. The minimum absolute atomic E-state index is 0.331. The highest BCUT2D eigenvalue weighted by Gasteiger charge is 2.10. The van der Waals surface area contributed by atoms with Gasteiger partial charge in [0.25, 0.3) is 0 Å². The summed E-state index contributed by atoms with van der Waals surface area (Å²) >= 11 is 7.19. The van der Waals surface area contributed by atoms with Crippen LogP contribution >= 0.6 is 22.9 Å². The molecule has 19 heavy (non-hydrogen) atoms. The molecule has 0 aliphatic carbocycles. The molecule has 0 radical (unpaired) electrons. The highest BCUT2D eigenvalue weighted by atomic mass is 35.5. The number of hydrogen-bond acceptors (Lipinski definition) is 5. The van der Waals surface area contributed by atoms with E-state index in [1.54, 1.807) is 12.3 Å². The van der Waals surface area contributed by atoms with Crippen LogP contribution in [-0.2, 0) is 11.3 Å². The van der Waals surface area contributed by atoms with Gasteiger partial charge in [-0.2, -0.15) is 0 Å². The highest BCUT2D eigenvalue weighted by Crippen LogP contribution is 2.20. The largest absolute Gasteiger partial charge is 0.465 e. The maximum Gasteiger partial charge on any atom is 0.338 e. The van der Waals surface area contributed by atoms with E-state index in [4.69, 9.17) is 16.3 Å². The van der Waals surface area contributed by atoms with Crippen LogP contribution in [0.25, 0.3) is 0 Å². The first-order valence-corrected chi connectivity index (χ1v) is 6.82. The smallest absolute Gasteiger partial charge is 0.338 e. The van der Waals surface area contributed by atoms with Crippen LogP contribution in [0.3, 0.4) is 0 Å². The number of aryl methyl sites for hydroxylation is 1. The van der Waals surface area contributed by atoms with Crippen LogP contribution in [0.4, 0.5) is 5.69 Å². The van der Waals surface area contributed by atoms with E-state index in [-0.39, 0.29) is 5.97 Å². The summed E-state index contributed by atoms with van der Waals surface area (Å²) in [4.78, 5) is 16.6. The van der Waals surface area contributed by atoms with Gasteiger partial charge in [0.15, 0.2) is 4.47 Å². The molecule has 0 aliphatic rings. The zero-order valence-electron chi connectivity index (χ0n) is 10.6. The Labute approximate surface area is 120 Å². The zero-order chi connectivity index (χ0) is 13.8. The molecule has 1 aromatic heterocycles. The molecule has 0 atom stereocenters. The monoisotopic (exact) mass is 296 g/mol. The highest BCUT2D eigenvalue weighted by molar-refractivity contribution is 7.15. The number of thiazole rings is 1. The maximum absolute atomic E-state index is 11.6. The molecular formula is C13H13ClN2O2S. The average Bonchev–Trinajstić information content (AvgIpc) is 2.83. The van der Waals surface area contributed by atoms with Crippen LogP contribution < -0.4 is 5.32 Å². The molecule has 0 unspecified atom stereocenters. The van der Waals surface area contributed by atoms with Crippen LogP contribution in [0, 0.1) is 6.92 Å². The van der Waals surface area contributed by atoms with E-state index in [0.29, 0.717) is 16.6 Å². The average molecular weight is 297 g/mol. The number of hydrogen-bond donors (Lipinski definition) is 1. The first-order valence-electron chi connectivity index (χ1n) is 5.63. The number of nitrogens with one attached hydrogen (secondary N) is 1. The minimum Gasteiger partial charge on any atom is -0.465 e. The second-order valence-electron chi connectivity index (χ2n) is 3.95. The summed E-state index contributed by atoms with van der Waals surface area (Å²) in [6, 6.07) is 5.59. The number of carbonyl (C=O) groups is 1. The fraction of sp³-hybridized carbons (Fsp3) is 0.231. The van der Waals surface area contributed by atoms with E-state index < -0.39 is 0 Å². The number of nitrogens with zero attached hydrogens (tertiary/aromatic N) is 1. The van der Waals surface area contributed by atoms with Crippen molar-refractivity contribution in [2.24, 2.45) is 0 Å². The molecule has 1 aromatic carbocycles. The van der Waals surface area contributed by atoms with E-state index in [0.717, 1.165) is 16.1 Å². The van der Waals surface area contributed by atoms with Gasteiger partial charge in [0.1, 0.15) is 0 Å². The van der Waals surface area contributed by atoms with Gasteiger partial charge < -0.3 is 10.1 Å². The van der Waals surface area contributed by atoms with E-state index in [9.17, 15) is 4.79 Å². The fourth-order valence-electron chi connectivity index (χ4n) is 1.62. The van der Waals surface area contributed by atoms with Crippen molar-refractivity contribution < 1.29 is 9.53 Å². The Hall–Kier alpha value is -1.59. The lowest BCUT2D eigenvalue weighted by Crippen LogP contribution is -2.05. The Bertz CT molecular complexity index is 598. The summed E-state index contributed by atoms with van der Waals surface area (Å²) in [7, 11) is 1.38. The number of ether oxygens (including phenoxy) is 1. The molecule has 0 spiro atoms. The molecule has 6 heteroatoms. The minimum atomic E-state index is -0.331. The molecule has 0 amide bonds. The third kappa shape index (κ3) is 3.45. The summed E-state index contributed by atoms with van der Waals surface area (Å²) in [6.45, 7) is 2.49. The van der Waals surface area contributed by atoms with Gasteiger partial charge in [0.05, 0.1) is 19.2 Å². The topological polar surface area (TPSA) is 51.2 Å². The van der Waals surface area contributed by atoms with Crippen LogP contribution in [0.1, 0.15) is 20.8 Å². The van der Waals surface area contributed by atoms with Crippen molar-refractivity contribution in [1.82, 2.24) is 4.98 Å². The van der Waals surface area contributed by atoms with Crippen molar-refractivity contribution in [3.63, 3.8) is 0 Å². The Morgan fingerprint density at radius 2 is 2.32 bits per heavy atom. The normalized spacial score (nSPS) is 10.3. The van der Waals surface area contributed by atoms with E-state index in [1.165, 1.54) is 18.4 Å². The Kier molecular flexibility index (Phi) is 4.39. The van der Waals surface area contributed by atoms with Crippen LogP contribution in [0.15, 0.2) is 24.4 Å². The lowest BCUT2D eigenvalue weighted by Gasteiger charge is -2.08. The molecule has 1 N–H and O–H groups in total. The van der Waals surface area contributed by atoms with Crippen molar-refractivity contribution in [1.29, 1.82) is 0 Å². The number of anilines is 1. The number of aromatic nitrogens is 1. The standard InChI is InChI=1S/C13H13ClN2O2S/c1-8-3-4-9(5-11(8)12(17)18-2)15-6-10-7-16-13(14)19-10/h3-5,7,15H,6H2,1-2H3. The van der Waals surface area contributed by atoms with Crippen LogP contribution in [0.2, 0.25) is 4.47 Å². The summed E-state index contributed by atoms with van der Waals surface area (Å²) in [5, 5.41) is 3.22. The van der Waals surface area contributed by atoms with Crippen molar-refractivity contribution in [3.8, 4) is 0 Å². The van der Waals surface area contributed by atoms with E-state index in [1.807, 2.05) is 19.1 Å². The van der Waals surface area contributed by atoms with Gasteiger partial charge in [-0.15, -0.1) is 11.3 Å². The third-order valence-electron chi connectivity index (χ3n) is 2.63. The maximum atomic E-state index is 11.6. The summed E-state index contributed by atoms with van der Waals surface area (Å²) in [5.41, 5.74) is 2.31. The summed E-state index contributed by atoms with van der Waals surface area (Å²) in [5.74, 6) is -0.331. The van der Waals surface area contributed by atoms with Gasteiger partial charge >= 0.3 is 5.97 Å². The molecule has 0 saturated heterocycles.